The summed E-state index contributed by atoms with van der Waals surface area (Å²) in [4.78, 5) is 12.9. The van der Waals surface area contributed by atoms with Crippen LogP contribution in [-0.2, 0) is 21.2 Å². The highest BCUT2D eigenvalue weighted by Gasteiger charge is 2.32. The zero-order valence-corrected chi connectivity index (χ0v) is 20.4. The summed E-state index contributed by atoms with van der Waals surface area (Å²) in [7, 11) is -0.246. The standard InChI is InChI=1S/C25H34N2O5S/c1-19(21-13-14-23(31-2)24(17-21)32-3)26-25(28)22-12-7-15-27(18-22)33(29,30)16-8-11-20-9-5-4-6-10-20/h4-6,9-10,13-14,17,19,22H,7-8,11-12,15-16,18H2,1-3H3,(H,26,28). The van der Waals surface area contributed by atoms with E-state index in [1.807, 2.05) is 49.4 Å². The summed E-state index contributed by atoms with van der Waals surface area (Å²) >= 11 is 0. The Morgan fingerprint density at radius 3 is 2.55 bits per heavy atom. The normalized spacial score (nSPS) is 17.8. The van der Waals surface area contributed by atoms with E-state index in [2.05, 4.69) is 5.32 Å². The van der Waals surface area contributed by atoms with Crippen LogP contribution >= 0.6 is 0 Å². The second kappa shape index (κ2) is 11.5. The fraction of sp³-hybridized carbons (Fsp3) is 0.480. The smallest absolute Gasteiger partial charge is 0.224 e. The van der Waals surface area contributed by atoms with Crippen LogP contribution in [0.2, 0.25) is 0 Å². The number of amides is 1. The highest BCUT2D eigenvalue weighted by atomic mass is 32.2. The molecule has 1 N–H and O–H groups in total. The molecular formula is C25H34N2O5S. The van der Waals surface area contributed by atoms with Gasteiger partial charge in [-0.25, -0.2) is 12.7 Å². The predicted molar refractivity (Wildman–Crippen MR) is 129 cm³/mol. The van der Waals surface area contributed by atoms with Gasteiger partial charge in [-0.2, -0.15) is 0 Å². The number of aryl methyl sites for hydroxylation is 1. The third-order valence-corrected chi connectivity index (χ3v) is 8.05. The highest BCUT2D eigenvalue weighted by molar-refractivity contribution is 7.89. The molecule has 0 spiro atoms. The molecule has 3 rings (SSSR count). The molecule has 0 aliphatic carbocycles. The lowest BCUT2D eigenvalue weighted by molar-refractivity contribution is -0.126. The van der Waals surface area contributed by atoms with E-state index in [1.165, 1.54) is 4.31 Å². The molecule has 1 fully saturated rings. The fourth-order valence-electron chi connectivity index (χ4n) is 4.18. The van der Waals surface area contributed by atoms with Crippen LogP contribution in [0.3, 0.4) is 0 Å². The van der Waals surface area contributed by atoms with Crippen molar-refractivity contribution in [1.82, 2.24) is 9.62 Å². The molecule has 1 heterocycles. The van der Waals surface area contributed by atoms with E-state index in [0.29, 0.717) is 37.3 Å². The van der Waals surface area contributed by atoms with Crippen LogP contribution in [0.5, 0.6) is 11.5 Å². The molecule has 0 radical (unpaired) electrons. The quantitative estimate of drug-likeness (QED) is 0.569. The molecule has 180 valence electrons. The van der Waals surface area contributed by atoms with Crippen LogP contribution in [0.4, 0.5) is 0 Å². The van der Waals surface area contributed by atoms with Crippen LogP contribution in [0.25, 0.3) is 0 Å². The molecular weight excluding hydrogens is 440 g/mol. The second-order valence-corrected chi connectivity index (χ2v) is 10.5. The summed E-state index contributed by atoms with van der Waals surface area (Å²) in [6.45, 7) is 2.61. The molecule has 2 atom stereocenters. The molecule has 1 aliphatic rings. The number of nitrogens with zero attached hydrogens (tertiary/aromatic N) is 1. The zero-order chi connectivity index (χ0) is 23.8. The molecule has 1 aliphatic heterocycles. The minimum atomic E-state index is -3.39. The average Bonchev–Trinajstić information content (AvgIpc) is 2.84. The average molecular weight is 475 g/mol. The van der Waals surface area contributed by atoms with Crippen LogP contribution in [0.1, 0.15) is 43.4 Å². The number of carbonyl (C=O) groups excluding carboxylic acids is 1. The monoisotopic (exact) mass is 474 g/mol. The number of benzene rings is 2. The third kappa shape index (κ3) is 6.71. The van der Waals surface area contributed by atoms with Crippen molar-refractivity contribution in [1.29, 1.82) is 0 Å². The number of methoxy groups -OCH3 is 2. The van der Waals surface area contributed by atoms with Gasteiger partial charge in [0.25, 0.3) is 0 Å². The van der Waals surface area contributed by atoms with Gasteiger partial charge in [-0.1, -0.05) is 36.4 Å². The number of piperidine rings is 1. The Balaban J connectivity index is 1.56. The lowest BCUT2D eigenvalue weighted by Gasteiger charge is -2.32. The molecule has 0 bridgehead atoms. The van der Waals surface area contributed by atoms with Gasteiger partial charge in [0.1, 0.15) is 0 Å². The maximum absolute atomic E-state index is 12.9. The lowest BCUT2D eigenvalue weighted by Crippen LogP contribution is -2.46. The summed E-state index contributed by atoms with van der Waals surface area (Å²) in [6.07, 6.45) is 2.65. The summed E-state index contributed by atoms with van der Waals surface area (Å²) in [5.74, 6) is 0.839. The topological polar surface area (TPSA) is 84.9 Å². The van der Waals surface area contributed by atoms with Crippen molar-refractivity contribution in [2.75, 3.05) is 33.1 Å². The van der Waals surface area contributed by atoms with Crippen LogP contribution < -0.4 is 14.8 Å². The molecule has 2 aromatic rings. The molecule has 0 saturated carbocycles. The Morgan fingerprint density at radius 1 is 1.12 bits per heavy atom. The van der Waals surface area contributed by atoms with Gasteiger partial charge in [0.2, 0.25) is 15.9 Å². The van der Waals surface area contributed by atoms with E-state index in [4.69, 9.17) is 9.47 Å². The fourth-order valence-corrected chi connectivity index (χ4v) is 5.76. The predicted octanol–water partition coefficient (Wildman–Crippen LogP) is 3.56. The minimum Gasteiger partial charge on any atom is -0.493 e. The minimum absolute atomic E-state index is 0.0955. The van der Waals surface area contributed by atoms with E-state index in [0.717, 1.165) is 17.5 Å². The van der Waals surface area contributed by atoms with Crippen LogP contribution in [0.15, 0.2) is 48.5 Å². The Bertz CT molecular complexity index is 1030. The SMILES string of the molecule is COc1ccc(C(C)NC(=O)C2CCCN(S(=O)(=O)CCCc3ccccc3)C2)cc1OC. The van der Waals surface area contributed by atoms with Crippen molar-refractivity contribution in [2.45, 2.75) is 38.6 Å². The molecule has 33 heavy (non-hydrogen) atoms. The molecule has 0 aromatic heterocycles. The lowest BCUT2D eigenvalue weighted by atomic mass is 9.98. The highest BCUT2D eigenvalue weighted by Crippen LogP contribution is 2.30. The maximum Gasteiger partial charge on any atom is 0.224 e. The van der Waals surface area contributed by atoms with Gasteiger partial charge in [-0.15, -0.1) is 0 Å². The number of hydrogen-bond donors (Lipinski definition) is 1. The first kappa shape index (κ1) is 25.1. The van der Waals surface area contributed by atoms with Gasteiger partial charge in [-0.05, 0) is 55.9 Å². The molecule has 2 aromatic carbocycles. The van der Waals surface area contributed by atoms with Crippen LogP contribution in [-0.4, -0.2) is 51.7 Å². The van der Waals surface area contributed by atoms with Gasteiger partial charge in [0.15, 0.2) is 11.5 Å². The number of hydrogen-bond acceptors (Lipinski definition) is 5. The Hall–Kier alpha value is -2.58. The molecule has 1 amide bonds. The van der Waals surface area contributed by atoms with E-state index in [1.54, 1.807) is 20.3 Å². The Kier molecular flexibility index (Phi) is 8.74. The van der Waals surface area contributed by atoms with Gasteiger partial charge >= 0.3 is 0 Å². The van der Waals surface area contributed by atoms with Crippen molar-refractivity contribution in [2.24, 2.45) is 5.92 Å². The summed E-state index contributed by atoms with van der Waals surface area (Å²) in [6, 6.07) is 15.2. The zero-order valence-electron chi connectivity index (χ0n) is 19.6. The van der Waals surface area contributed by atoms with E-state index in [-0.39, 0.29) is 30.2 Å². The van der Waals surface area contributed by atoms with Gasteiger partial charge in [0, 0.05) is 13.1 Å². The molecule has 7 nitrogen and oxygen atoms in total. The molecule has 2 unspecified atom stereocenters. The Morgan fingerprint density at radius 2 is 1.85 bits per heavy atom. The van der Waals surface area contributed by atoms with Gasteiger partial charge < -0.3 is 14.8 Å². The van der Waals surface area contributed by atoms with Gasteiger partial charge in [-0.3, -0.25) is 4.79 Å². The molecule has 8 heteroatoms. The van der Waals surface area contributed by atoms with E-state index in [9.17, 15) is 13.2 Å². The summed E-state index contributed by atoms with van der Waals surface area (Å²) < 4.78 is 37.9. The van der Waals surface area contributed by atoms with Gasteiger partial charge in [0.05, 0.1) is 31.9 Å². The Labute approximate surface area is 197 Å². The largest absolute Gasteiger partial charge is 0.493 e. The number of sulfonamides is 1. The first-order valence-corrected chi connectivity index (χ1v) is 13.0. The third-order valence-electron chi connectivity index (χ3n) is 6.13. The first-order valence-electron chi connectivity index (χ1n) is 11.4. The van der Waals surface area contributed by atoms with Crippen LogP contribution in [0, 0.1) is 5.92 Å². The summed E-state index contributed by atoms with van der Waals surface area (Å²) in [5, 5.41) is 3.03. The number of rotatable bonds is 10. The van der Waals surface area contributed by atoms with Crippen molar-refractivity contribution in [3.63, 3.8) is 0 Å². The number of nitrogens with one attached hydrogen (secondary N) is 1. The number of ether oxygens (including phenoxy) is 2. The number of carbonyl (C=O) groups is 1. The molecule has 1 saturated heterocycles. The summed E-state index contributed by atoms with van der Waals surface area (Å²) in [5.41, 5.74) is 2.02. The van der Waals surface area contributed by atoms with E-state index >= 15 is 0 Å². The first-order chi connectivity index (χ1) is 15.8. The van der Waals surface area contributed by atoms with Crippen molar-refractivity contribution in [3.05, 3.63) is 59.7 Å². The maximum atomic E-state index is 12.9. The second-order valence-electron chi connectivity index (χ2n) is 8.45. The van der Waals surface area contributed by atoms with Crippen molar-refractivity contribution >= 4 is 15.9 Å². The van der Waals surface area contributed by atoms with E-state index < -0.39 is 10.0 Å². The van der Waals surface area contributed by atoms with Crippen molar-refractivity contribution < 1.29 is 22.7 Å². The van der Waals surface area contributed by atoms with Crippen molar-refractivity contribution in [3.8, 4) is 11.5 Å².